The number of allylic oxidation sites excluding steroid dienone is 1. The molecule has 1 atom stereocenters. The molecular weight excluding hydrogens is 362 g/mol. The SMILES string of the molecule is Fc1cccc(C2C[Se]C(c3ccccc3)=C2c2ccccc2)c1. The Morgan fingerprint density at radius 3 is 2.08 bits per heavy atom. The van der Waals surface area contributed by atoms with Gasteiger partial charge in [0.1, 0.15) is 0 Å². The van der Waals surface area contributed by atoms with Crippen molar-refractivity contribution in [1.82, 2.24) is 0 Å². The summed E-state index contributed by atoms with van der Waals surface area (Å²) in [6.45, 7) is 0. The molecule has 0 amide bonds. The van der Waals surface area contributed by atoms with Gasteiger partial charge in [0.2, 0.25) is 0 Å². The van der Waals surface area contributed by atoms with Crippen LogP contribution in [0.15, 0.2) is 84.9 Å². The van der Waals surface area contributed by atoms with Gasteiger partial charge in [-0.05, 0) is 0 Å². The summed E-state index contributed by atoms with van der Waals surface area (Å²) in [5.74, 6) is 0.124. The van der Waals surface area contributed by atoms with Gasteiger partial charge in [0.05, 0.1) is 0 Å². The fourth-order valence-corrected chi connectivity index (χ4v) is 6.21. The van der Waals surface area contributed by atoms with Crippen LogP contribution in [0.3, 0.4) is 0 Å². The molecule has 0 bridgehead atoms. The molecule has 0 N–H and O–H groups in total. The third-order valence-corrected chi connectivity index (χ3v) is 6.97. The number of benzene rings is 3. The molecule has 0 saturated heterocycles. The standard InChI is InChI=1S/C22H17FSe/c23-19-13-7-12-18(14-19)20-15-24-22(17-10-5-2-6-11-17)21(20)16-8-3-1-4-9-16/h1-14,20H,15H2. The molecule has 3 aromatic rings. The summed E-state index contributed by atoms with van der Waals surface area (Å²) in [5, 5.41) is 1.09. The summed E-state index contributed by atoms with van der Waals surface area (Å²) in [6, 6.07) is 28.3. The van der Waals surface area contributed by atoms with Crippen molar-refractivity contribution in [2.75, 3.05) is 0 Å². The molecule has 0 radical (unpaired) electrons. The van der Waals surface area contributed by atoms with E-state index in [2.05, 4.69) is 60.7 Å². The number of rotatable bonds is 3. The van der Waals surface area contributed by atoms with Gasteiger partial charge in [-0.1, -0.05) is 0 Å². The molecule has 1 heterocycles. The molecule has 118 valence electrons. The Balaban J connectivity index is 1.88. The molecule has 1 aliphatic rings. The Morgan fingerprint density at radius 2 is 1.42 bits per heavy atom. The van der Waals surface area contributed by atoms with Crippen LogP contribution in [0.5, 0.6) is 0 Å². The first-order valence-corrected chi connectivity index (χ1v) is 10.1. The molecular formula is C22H17FSe. The topological polar surface area (TPSA) is 0 Å². The molecule has 0 saturated carbocycles. The van der Waals surface area contributed by atoms with Crippen LogP contribution >= 0.6 is 0 Å². The first kappa shape index (κ1) is 15.4. The Morgan fingerprint density at radius 1 is 0.750 bits per heavy atom. The normalized spacial score (nSPS) is 17.3. The number of halogens is 1. The van der Waals surface area contributed by atoms with E-state index in [4.69, 9.17) is 0 Å². The second-order valence-electron chi connectivity index (χ2n) is 5.89. The molecule has 1 unspecified atom stereocenters. The predicted octanol–water partition coefficient (Wildman–Crippen LogP) is 5.61. The van der Waals surface area contributed by atoms with Crippen molar-refractivity contribution in [2.45, 2.75) is 11.2 Å². The Kier molecular flexibility index (Phi) is 4.33. The maximum absolute atomic E-state index is 13.8. The number of hydrogen-bond donors (Lipinski definition) is 0. The number of hydrogen-bond acceptors (Lipinski definition) is 0. The van der Waals surface area contributed by atoms with Crippen LogP contribution in [-0.2, 0) is 0 Å². The zero-order valence-corrected chi connectivity index (χ0v) is 14.9. The van der Waals surface area contributed by atoms with E-state index in [0.29, 0.717) is 15.0 Å². The average Bonchev–Trinajstić information content (AvgIpc) is 3.08. The molecule has 0 aliphatic carbocycles. The third kappa shape index (κ3) is 2.96. The van der Waals surface area contributed by atoms with Crippen molar-refractivity contribution in [3.8, 4) is 0 Å². The zero-order chi connectivity index (χ0) is 16.4. The Labute approximate surface area is 148 Å². The van der Waals surface area contributed by atoms with Gasteiger partial charge >= 0.3 is 148 Å². The summed E-state index contributed by atoms with van der Waals surface area (Å²) < 4.78 is 15.2. The molecule has 1 aliphatic heterocycles. The van der Waals surface area contributed by atoms with Crippen molar-refractivity contribution < 1.29 is 4.39 Å². The van der Waals surface area contributed by atoms with Crippen LogP contribution in [0.1, 0.15) is 22.6 Å². The third-order valence-electron chi connectivity index (χ3n) is 4.36. The molecule has 3 aromatic carbocycles. The summed E-state index contributed by atoms with van der Waals surface area (Å²) in [7, 11) is 0. The second kappa shape index (κ2) is 6.76. The molecule has 0 aromatic heterocycles. The summed E-state index contributed by atoms with van der Waals surface area (Å²) in [5.41, 5.74) is 5.01. The van der Waals surface area contributed by atoms with Gasteiger partial charge in [0.15, 0.2) is 0 Å². The van der Waals surface area contributed by atoms with Crippen LogP contribution in [0.25, 0.3) is 10.0 Å². The summed E-state index contributed by atoms with van der Waals surface area (Å²) in [6.07, 6.45) is 0. The minimum absolute atomic E-state index is 0.152. The molecule has 0 nitrogen and oxygen atoms in total. The molecule has 24 heavy (non-hydrogen) atoms. The van der Waals surface area contributed by atoms with Crippen molar-refractivity contribution in [2.24, 2.45) is 0 Å². The van der Waals surface area contributed by atoms with Gasteiger partial charge in [0, 0.05) is 0 Å². The fraction of sp³-hybridized carbons (Fsp3) is 0.0909. The molecule has 0 spiro atoms. The zero-order valence-electron chi connectivity index (χ0n) is 13.2. The predicted molar refractivity (Wildman–Crippen MR) is 99.4 cm³/mol. The van der Waals surface area contributed by atoms with Crippen molar-refractivity contribution in [3.05, 3.63) is 107 Å². The van der Waals surface area contributed by atoms with Crippen molar-refractivity contribution >= 4 is 25.0 Å². The van der Waals surface area contributed by atoms with Gasteiger partial charge in [0.25, 0.3) is 0 Å². The van der Waals surface area contributed by atoms with E-state index in [1.165, 1.54) is 27.2 Å². The second-order valence-corrected chi connectivity index (χ2v) is 8.06. The van der Waals surface area contributed by atoms with Gasteiger partial charge in [-0.2, -0.15) is 0 Å². The summed E-state index contributed by atoms with van der Waals surface area (Å²) >= 11 is 0.392. The van der Waals surface area contributed by atoms with E-state index in [1.807, 2.05) is 12.1 Å². The van der Waals surface area contributed by atoms with E-state index >= 15 is 0 Å². The quantitative estimate of drug-likeness (QED) is 0.519. The van der Waals surface area contributed by atoms with Crippen molar-refractivity contribution in [3.63, 3.8) is 0 Å². The van der Waals surface area contributed by atoms with E-state index in [-0.39, 0.29) is 11.7 Å². The average molecular weight is 379 g/mol. The van der Waals surface area contributed by atoms with E-state index in [9.17, 15) is 4.39 Å². The van der Waals surface area contributed by atoms with Crippen LogP contribution in [-0.4, -0.2) is 15.0 Å². The van der Waals surface area contributed by atoms with Crippen LogP contribution in [0.2, 0.25) is 5.32 Å². The monoisotopic (exact) mass is 380 g/mol. The maximum atomic E-state index is 13.8. The van der Waals surface area contributed by atoms with Gasteiger partial charge in [-0.15, -0.1) is 0 Å². The van der Waals surface area contributed by atoms with E-state index < -0.39 is 0 Å². The molecule has 2 heteroatoms. The fourth-order valence-electron chi connectivity index (χ4n) is 3.25. The van der Waals surface area contributed by atoms with E-state index in [1.54, 1.807) is 6.07 Å². The van der Waals surface area contributed by atoms with Crippen LogP contribution < -0.4 is 0 Å². The van der Waals surface area contributed by atoms with Gasteiger partial charge < -0.3 is 0 Å². The van der Waals surface area contributed by atoms with E-state index in [0.717, 1.165) is 10.9 Å². The molecule has 0 fully saturated rings. The first-order valence-electron chi connectivity index (χ1n) is 8.06. The summed E-state index contributed by atoms with van der Waals surface area (Å²) in [4.78, 5) is 0. The van der Waals surface area contributed by atoms with Gasteiger partial charge in [-0.3, -0.25) is 0 Å². The molecule has 4 rings (SSSR count). The van der Waals surface area contributed by atoms with Crippen LogP contribution in [0.4, 0.5) is 4.39 Å². The van der Waals surface area contributed by atoms with Crippen LogP contribution in [0, 0.1) is 5.82 Å². The first-order chi connectivity index (χ1) is 11.8. The van der Waals surface area contributed by atoms with Gasteiger partial charge in [-0.25, -0.2) is 0 Å². The van der Waals surface area contributed by atoms with Crippen molar-refractivity contribution in [1.29, 1.82) is 0 Å². The Hall–Kier alpha value is -2.15. The minimum atomic E-state index is -0.152. The Bertz CT molecular complexity index is 869.